The van der Waals surface area contributed by atoms with Gasteiger partial charge >= 0.3 is 0 Å². The van der Waals surface area contributed by atoms with Gasteiger partial charge in [-0.25, -0.2) is 0 Å². The molecule has 0 fully saturated rings. The summed E-state index contributed by atoms with van der Waals surface area (Å²) in [7, 11) is 2.17. The van der Waals surface area contributed by atoms with Crippen molar-refractivity contribution in [1.29, 1.82) is 0 Å². The van der Waals surface area contributed by atoms with Gasteiger partial charge in [-0.15, -0.1) is 0 Å². The van der Waals surface area contributed by atoms with Crippen LogP contribution in [-0.2, 0) is 6.54 Å². The van der Waals surface area contributed by atoms with Crippen molar-refractivity contribution in [3.63, 3.8) is 0 Å². The van der Waals surface area contributed by atoms with E-state index in [-0.39, 0.29) is 0 Å². The van der Waals surface area contributed by atoms with E-state index in [1.807, 2.05) is 12.1 Å². The Kier molecular flexibility index (Phi) is 5.47. The Labute approximate surface area is 113 Å². The Balaban J connectivity index is 2.67. The van der Waals surface area contributed by atoms with Crippen molar-refractivity contribution < 1.29 is 0 Å². The molecule has 96 valence electrons. The molecule has 0 saturated heterocycles. The van der Waals surface area contributed by atoms with Crippen molar-refractivity contribution in [2.24, 2.45) is 5.92 Å². The second kappa shape index (κ2) is 6.41. The van der Waals surface area contributed by atoms with E-state index in [2.05, 4.69) is 54.7 Å². The molecule has 1 aromatic carbocycles. The third-order valence-electron chi connectivity index (χ3n) is 3.09. The highest BCUT2D eigenvalue weighted by Gasteiger charge is 2.13. The van der Waals surface area contributed by atoms with Crippen LogP contribution in [0, 0.1) is 5.92 Å². The molecule has 0 aromatic heterocycles. The fourth-order valence-electron chi connectivity index (χ4n) is 2.01. The van der Waals surface area contributed by atoms with Gasteiger partial charge in [0.15, 0.2) is 0 Å². The minimum atomic E-state index is 0.586. The summed E-state index contributed by atoms with van der Waals surface area (Å²) in [6, 6.07) is 6.64. The SMILES string of the molecule is CC(C)CC(C)N(C)Cc1cccc(N)c1Br. The van der Waals surface area contributed by atoms with Crippen molar-refractivity contribution in [2.75, 3.05) is 12.8 Å². The Morgan fingerprint density at radius 3 is 2.53 bits per heavy atom. The van der Waals surface area contributed by atoms with E-state index in [4.69, 9.17) is 5.73 Å². The van der Waals surface area contributed by atoms with Crippen molar-refractivity contribution in [3.8, 4) is 0 Å². The van der Waals surface area contributed by atoms with Crippen LogP contribution in [0.1, 0.15) is 32.8 Å². The first kappa shape index (κ1) is 14.5. The van der Waals surface area contributed by atoms with Crippen LogP contribution in [0.2, 0.25) is 0 Å². The van der Waals surface area contributed by atoms with Gasteiger partial charge in [-0.05, 0) is 53.9 Å². The lowest BCUT2D eigenvalue weighted by Gasteiger charge is -2.26. The minimum Gasteiger partial charge on any atom is -0.398 e. The van der Waals surface area contributed by atoms with Crippen LogP contribution in [0.3, 0.4) is 0 Å². The van der Waals surface area contributed by atoms with Crippen LogP contribution in [0.15, 0.2) is 22.7 Å². The average molecular weight is 299 g/mol. The molecule has 0 saturated carbocycles. The van der Waals surface area contributed by atoms with Gasteiger partial charge < -0.3 is 5.73 Å². The summed E-state index contributed by atoms with van der Waals surface area (Å²) < 4.78 is 1.03. The summed E-state index contributed by atoms with van der Waals surface area (Å²) in [4.78, 5) is 2.37. The standard InChI is InChI=1S/C14H23BrN2/c1-10(2)8-11(3)17(4)9-12-6-5-7-13(16)14(12)15/h5-7,10-11H,8-9,16H2,1-4H3. The predicted molar refractivity (Wildman–Crippen MR) is 78.9 cm³/mol. The number of nitrogens with two attached hydrogens (primary N) is 1. The molecule has 0 aliphatic heterocycles. The first-order chi connectivity index (χ1) is 7.91. The van der Waals surface area contributed by atoms with Crippen molar-refractivity contribution >= 4 is 21.6 Å². The zero-order chi connectivity index (χ0) is 13.0. The normalized spacial score (nSPS) is 13.4. The molecule has 0 radical (unpaired) electrons. The van der Waals surface area contributed by atoms with Gasteiger partial charge in [0.05, 0.1) is 0 Å². The molecular weight excluding hydrogens is 276 g/mol. The van der Waals surface area contributed by atoms with E-state index >= 15 is 0 Å². The summed E-state index contributed by atoms with van der Waals surface area (Å²) >= 11 is 3.56. The van der Waals surface area contributed by atoms with Crippen molar-refractivity contribution in [1.82, 2.24) is 4.90 Å². The van der Waals surface area contributed by atoms with Gasteiger partial charge in [0.1, 0.15) is 0 Å². The number of hydrogen-bond acceptors (Lipinski definition) is 2. The maximum absolute atomic E-state index is 5.89. The minimum absolute atomic E-state index is 0.586. The maximum Gasteiger partial charge on any atom is 0.0461 e. The van der Waals surface area contributed by atoms with E-state index < -0.39 is 0 Å². The van der Waals surface area contributed by atoms with Gasteiger partial charge in [-0.1, -0.05) is 26.0 Å². The lowest BCUT2D eigenvalue weighted by molar-refractivity contribution is 0.220. The summed E-state index contributed by atoms with van der Waals surface area (Å²) in [6.45, 7) is 7.74. The monoisotopic (exact) mass is 298 g/mol. The fraction of sp³-hybridized carbons (Fsp3) is 0.571. The molecule has 1 unspecified atom stereocenters. The van der Waals surface area contributed by atoms with Gasteiger partial charge in [0.2, 0.25) is 0 Å². The third kappa shape index (κ3) is 4.32. The molecule has 0 aliphatic rings. The Morgan fingerprint density at radius 1 is 1.29 bits per heavy atom. The number of halogens is 1. The molecule has 0 heterocycles. The first-order valence-corrected chi connectivity index (χ1v) is 6.94. The summed E-state index contributed by atoms with van der Waals surface area (Å²) in [5.74, 6) is 0.733. The molecule has 0 aliphatic carbocycles. The van der Waals surface area contributed by atoms with Crippen LogP contribution in [0.5, 0.6) is 0 Å². The Hall–Kier alpha value is -0.540. The number of anilines is 1. The molecule has 2 N–H and O–H groups in total. The van der Waals surface area contributed by atoms with Crippen molar-refractivity contribution in [3.05, 3.63) is 28.2 Å². The van der Waals surface area contributed by atoms with E-state index in [0.29, 0.717) is 6.04 Å². The summed E-state index contributed by atoms with van der Waals surface area (Å²) in [5, 5.41) is 0. The highest BCUT2D eigenvalue weighted by atomic mass is 79.9. The summed E-state index contributed by atoms with van der Waals surface area (Å²) in [5.41, 5.74) is 7.95. The van der Waals surface area contributed by atoms with Gasteiger partial charge in [-0.3, -0.25) is 4.90 Å². The average Bonchev–Trinajstić information content (AvgIpc) is 2.23. The maximum atomic E-state index is 5.89. The van der Waals surface area contributed by atoms with E-state index in [0.717, 1.165) is 22.6 Å². The van der Waals surface area contributed by atoms with Gasteiger partial charge in [-0.2, -0.15) is 0 Å². The largest absolute Gasteiger partial charge is 0.398 e. The number of hydrogen-bond donors (Lipinski definition) is 1. The molecule has 17 heavy (non-hydrogen) atoms. The third-order valence-corrected chi connectivity index (χ3v) is 4.06. The highest BCUT2D eigenvalue weighted by Crippen LogP contribution is 2.25. The molecule has 3 heteroatoms. The van der Waals surface area contributed by atoms with Crippen molar-refractivity contribution in [2.45, 2.75) is 39.8 Å². The smallest absolute Gasteiger partial charge is 0.0461 e. The molecule has 1 aromatic rings. The van der Waals surface area contributed by atoms with Crippen LogP contribution >= 0.6 is 15.9 Å². The second-order valence-corrected chi connectivity index (χ2v) is 6.01. The lowest BCUT2D eigenvalue weighted by atomic mass is 10.0. The van der Waals surface area contributed by atoms with Crippen LogP contribution < -0.4 is 5.73 Å². The highest BCUT2D eigenvalue weighted by molar-refractivity contribution is 9.10. The Bertz CT molecular complexity index is 363. The quantitative estimate of drug-likeness (QED) is 0.836. The molecular formula is C14H23BrN2. The molecule has 0 bridgehead atoms. The second-order valence-electron chi connectivity index (χ2n) is 5.21. The number of rotatable bonds is 5. The van der Waals surface area contributed by atoms with Crippen LogP contribution in [0.4, 0.5) is 5.69 Å². The van der Waals surface area contributed by atoms with Crippen LogP contribution in [0.25, 0.3) is 0 Å². The molecule has 1 rings (SSSR count). The van der Waals surface area contributed by atoms with Gasteiger partial charge in [0.25, 0.3) is 0 Å². The Morgan fingerprint density at radius 2 is 1.94 bits per heavy atom. The van der Waals surface area contributed by atoms with Gasteiger partial charge in [0, 0.05) is 22.7 Å². The zero-order valence-corrected chi connectivity index (χ0v) is 12.8. The first-order valence-electron chi connectivity index (χ1n) is 6.15. The molecule has 1 atom stereocenters. The number of benzene rings is 1. The molecule has 0 amide bonds. The van der Waals surface area contributed by atoms with E-state index in [9.17, 15) is 0 Å². The number of nitrogen functional groups attached to an aromatic ring is 1. The molecule has 0 spiro atoms. The van der Waals surface area contributed by atoms with E-state index in [1.54, 1.807) is 0 Å². The van der Waals surface area contributed by atoms with E-state index in [1.165, 1.54) is 12.0 Å². The fourth-order valence-corrected chi connectivity index (χ4v) is 2.40. The number of nitrogens with zero attached hydrogens (tertiary/aromatic N) is 1. The zero-order valence-electron chi connectivity index (χ0n) is 11.2. The topological polar surface area (TPSA) is 29.3 Å². The summed E-state index contributed by atoms with van der Waals surface area (Å²) in [6.07, 6.45) is 1.22. The lowest BCUT2D eigenvalue weighted by Crippen LogP contribution is -2.29. The van der Waals surface area contributed by atoms with Crippen LogP contribution in [-0.4, -0.2) is 18.0 Å². The molecule has 2 nitrogen and oxygen atoms in total. The predicted octanol–water partition coefficient (Wildman–Crippen LogP) is 3.90.